The Kier molecular flexibility index (Phi) is 4.09. The first-order chi connectivity index (χ1) is 9.41. The standard InChI is InChI=1S/C14H15ClN2O3/c1-8(2)16-11(18)6-7-17-12-9(13(19)14(17)20)4-3-5-10(12)15/h3-5,8H,6-7H2,1-2H3,(H,16,18). The Morgan fingerprint density at radius 3 is 2.70 bits per heavy atom. The normalized spacial score (nSPS) is 13.9. The number of fused-ring (bicyclic) bond motifs is 1. The SMILES string of the molecule is CC(C)NC(=O)CCN1C(=O)C(=O)c2cccc(Cl)c21. The quantitative estimate of drug-likeness (QED) is 0.861. The van der Waals surface area contributed by atoms with Gasteiger partial charge in [-0.25, -0.2) is 0 Å². The summed E-state index contributed by atoms with van der Waals surface area (Å²) in [4.78, 5) is 36.7. The minimum Gasteiger partial charge on any atom is -0.354 e. The van der Waals surface area contributed by atoms with Crippen molar-refractivity contribution in [2.45, 2.75) is 26.3 Å². The third kappa shape index (κ3) is 2.67. The van der Waals surface area contributed by atoms with Crippen LogP contribution in [0, 0.1) is 0 Å². The number of rotatable bonds is 4. The molecule has 1 aromatic carbocycles. The third-order valence-corrected chi connectivity index (χ3v) is 3.26. The van der Waals surface area contributed by atoms with E-state index in [-0.39, 0.29) is 24.9 Å². The van der Waals surface area contributed by atoms with Crippen LogP contribution in [0.25, 0.3) is 0 Å². The van der Waals surface area contributed by atoms with E-state index in [1.807, 2.05) is 13.8 Å². The molecule has 0 saturated heterocycles. The van der Waals surface area contributed by atoms with Crippen LogP contribution in [-0.4, -0.2) is 30.2 Å². The molecule has 0 aliphatic carbocycles. The molecule has 20 heavy (non-hydrogen) atoms. The molecular weight excluding hydrogens is 280 g/mol. The Morgan fingerprint density at radius 1 is 1.35 bits per heavy atom. The maximum Gasteiger partial charge on any atom is 0.299 e. The molecule has 2 rings (SSSR count). The number of carbonyl (C=O) groups excluding carboxylic acids is 3. The zero-order valence-corrected chi connectivity index (χ0v) is 12.0. The maximum atomic E-state index is 11.9. The van der Waals surface area contributed by atoms with Crippen molar-refractivity contribution in [2.24, 2.45) is 0 Å². The number of para-hydroxylation sites is 1. The summed E-state index contributed by atoms with van der Waals surface area (Å²) in [6, 6.07) is 4.85. The van der Waals surface area contributed by atoms with E-state index in [2.05, 4.69) is 5.32 Å². The first-order valence-corrected chi connectivity index (χ1v) is 6.73. The number of Topliss-reactive ketones (excluding diaryl/α,β-unsaturated/α-hetero) is 1. The minimum absolute atomic E-state index is 0.0364. The van der Waals surface area contributed by atoms with Crippen molar-refractivity contribution in [1.82, 2.24) is 5.32 Å². The summed E-state index contributed by atoms with van der Waals surface area (Å²) in [5, 5.41) is 3.08. The maximum absolute atomic E-state index is 11.9. The molecule has 1 N–H and O–H groups in total. The first kappa shape index (κ1) is 14.5. The number of ketones is 1. The summed E-state index contributed by atoms with van der Waals surface area (Å²) in [7, 11) is 0. The van der Waals surface area contributed by atoms with Gasteiger partial charge in [0, 0.05) is 19.0 Å². The summed E-state index contributed by atoms with van der Waals surface area (Å²) in [5.41, 5.74) is 0.702. The summed E-state index contributed by atoms with van der Waals surface area (Å²) >= 11 is 6.05. The Bertz CT molecular complexity index is 584. The Balaban J connectivity index is 2.16. The predicted octanol–water partition coefficient (Wildman–Crippen LogP) is 1.78. The third-order valence-electron chi connectivity index (χ3n) is 2.95. The highest BCUT2D eigenvalue weighted by Gasteiger charge is 2.37. The molecule has 1 aliphatic rings. The number of benzene rings is 1. The number of hydrogen-bond donors (Lipinski definition) is 1. The molecule has 1 aliphatic heterocycles. The minimum atomic E-state index is -0.634. The van der Waals surface area contributed by atoms with Gasteiger partial charge in [-0.15, -0.1) is 0 Å². The Hall–Kier alpha value is -1.88. The van der Waals surface area contributed by atoms with E-state index < -0.39 is 11.7 Å². The number of carbonyl (C=O) groups is 3. The van der Waals surface area contributed by atoms with Gasteiger partial charge in [0.1, 0.15) is 0 Å². The summed E-state index contributed by atoms with van der Waals surface area (Å²) in [6.07, 6.45) is 0.127. The van der Waals surface area contributed by atoms with Gasteiger partial charge in [-0.2, -0.15) is 0 Å². The average molecular weight is 295 g/mol. The molecular formula is C14H15ClN2O3. The fraction of sp³-hybridized carbons (Fsp3) is 0.357. The number of hydrogen-bond acceptors (Lipinski definition) is 3. The van der Waals surface area contributed by atoms with Gasteiger partial charge in [0.05, 0.1) is 16.3 Å². The Labute approximate surface area is 121 Å². The van der Waals surface area contributed by atoms with Crippen molar-refractivity contribution in [2.75, 3.05) is 11.4 Å². The summed E-state index contributed by atoms with van der Waals surface area (Å²) in [5.74, 6) is -1.38. The molecule has 0 atom stereocenters. The number of nitrogens with zero attached hydrogens (tertiary/aromatic N) is 1. The second-order valence-corrected chi connectivity index (χ2v) is 5.30. The Morgan fingerprint density at radius 2 is 2.05 bits per heavy atom. The highest BCUT2D eigenvalue weighted by atomic mass is 35.5. The monoisotopic (exact) mass is 294 g/mol. The average Bonchev–Trinajstić information content (AvgIpc) is 2.61. The predicted molar refractivity (Wildman–Crippen MR) is 76.0 cm³/mol. The van der Waals surface area contributed by atoms with Gasteiger partial charge < -0.3 is 10.2 Å². The van der Waals surface area contributed by atoms with Gasteiger partial charge in [0.15, 0.2) is 0 Å². The number of anilines is 1. The van der Waals surface area contributed by atoms with Gasteiger partial charge in [-0.3, -0.25) is 14.4 Å². The van der Waals surface area contributed by atoms with Crippen LogP contribution in [-0.2, 0) is 9.59 Å². The molecule has 2 amide bonds. The lowest BCUT2D eigenvalue weighted by atomic mass is 10.1. The van der Waals surface area contributed by atoms with Gasteiger partial charge in [0.25, 0.3) is 11.7 Å². The van der Waals surface area contributed by atoms with Gasteiger partial charge >= 0.3 is 0 Å². The zero-order chi connectivity index (χ0) is 14.9. The van der Waals surface area contributed by atoms with Crippen LogP contribution in [0.1, 0.15) is 30.6 Å². The van der Waals surface area contributed by atoms with Crippen molar-refractivity contribution in [3.8, 4) is 0 Å². The molecule has 0 bridgehead atoms. The van der Waals surface area contributed by atoms with E-state index in [0.717, 1.165) is 0 Å². The topological polar surface area (TPSA) is 66.5 Å². The van der Waals surface area contributed by atoms with Crippen molar-refractivity contribution < 1.29 is 14.4 Å². The highest BCUT2D eigenvalue weighted by molar-refractivity contribution is 6.54. The number of nitrogens with one attached hydrogen (secondary N) is 1. The lowest BCUT2D eigenvalue weighted by Gasteiger charge is -2.17. The molecule has 0 aromatic heterocycles. The lowest BCUT2D eigenvalue weighted by molar-refractivity contribution is -0.121. The molecule has 5 nitrogen and oxygen atoms in total. The fourth-order valence-corrected chi connectivity index (χ4v) is 2.41. The van der Waals surface area contributed by atoms with E-state index in [0.29, 0.717) is 16.3 Å². The van der Waals surface area contributed by atoms with Crippen LogP contribution in [0.4, 0.5) is 5.69 Å². The van der Waals surface area contributed by atoms with Crippen LogP contribution in [0.2, 0.25) is 5.02 Å². The van der Waals surface area contributed by atoms with Gasteiger partial charge in [-0.1, -0.05) is 17.7 Å². The van der Waals surface area contributed by atoms with Crippen LogP contribution in [0.5, 0.6) is 0 Å². The largest absolute Gasteiger partial charge is 0.354 e. The highest BCUT2D eigenvalue weighted by Crippen LogP contribution is 2.35. The van der Waals surface area contributed by atoms with Crippen LogP contribution in [0.3, 0.4) is 0 Å². The van der Waals surface area contributed by atoms with Crippen LogP contribution in [0.15, 0.2) is 18.2 Å². The molecule has 0 unspecified atom stereocenters. The molecule has 0 saturated carbocycles. The van der Waals surface area contributed by atoms with E-state index in [9.17, 15) is 14.4 Å². The first-order valence-electron chi connectivity index (χ1n) is 6.36. The van der Waals surface area contributed by atoms with Crippen molar-refractivity contribution in [3.05, 3.63) is 28.8 Å². The van der Waals surface area contributed by atoms with Crippen molar-refractivity contribution in [3.63, 3.8) is 0 Å². The molecule has 1 heterocycles. The lowest BCUT2D eigenvalue weighted by Crippen LogP contribution is -2.36. The van der Waals surface area contributed by atoms with E-state index in [1.54, 1.807) is 18.2 Å². The van der Waals surface area contributed by atoms with Crippen LogP contribution >= 0.6 is 11.6 Å². The molecule has 106 valence electrons. The second kappa shape index (κ2) is 5.63. The molecule has 6 heteroatoms. The molecule has 0 fully saturated rings. The van der Waals surface area contributed by atoms with E-state index >= 15 is 0 Å². The summed E-state index contributed by atoms with van der Waals surface area (Å²) < 4.78 is 0. The fourth-order valence-electron chi connectivity index (χ4n) is 2.13. The molecule has 0 radical (unpaired) electrons. The van der Waals surface area contributed by atoms with E-state index in [1.165, 1.54) is 4.90 Å². The van der Waals surface area contributed by atoms with Gasteiger partial charge in [-0.05, 0) is 26.0 Å². The second-order valence-electron chi connectivity index (χ2n) is 4.89. The van der Waals surface area contributed by atoms with Crippen molar-refractivity contribution in [1.29, 1.82) is 0 Å². The van der Waals surface area contributed by atoms with E-state index in [4.69, 9.17) is 11.6 Å². The number of amides is 2. The zero-order valence-electron chi connectivity index (χ0n) is 11.3. The molecule has 0 spiro atoms. The van der Waals surface area contributed by atoms with Crippen molar-refractivity contribution >= 4 is 34.9 Å². The summed E-state index contributed by atoms with van der Waals surface area (Å²) in [6.45, 7) is 3.85. The van der Waals surface area contributed by atoms with Gasteiger partial charge in [0.2, 0.25) is 5.91 Å². The van der Waals surface area contributed by atoms with Crippen LogP contribution < -0.4 is 10.2 Å². The smallest absolute Gasteiger partial charge is 0.299 e. The molecule has 1 aromatic rings. The number of halogens is 1.